The molecule has 0 amide bonds. The average molecular weight is 494 g/mol. The summed E-state index contributed by atoms with van der Waals surface area (Å²) in [7, 11) is -2.82. The van der Waals surface area contributed by atoms with Gasteiger partial charge in [0.2, 0.25) is 9.84 Å². The number of aryl methyl sites for hydroxylation is 1. The van der Waals surface area contributed by atoms with Crippen molar-refractivity contribution in [2.24, 2.45) is 0 Å². The molecule has 4 rings (SSSR count). The second kappa shape index (κ2) is 8.79. The molecule has 34 heavy (non-hydrogen) atoms. The summed E-state index contributed by atoms with van der Waals surface area (Å²) in [4.78, 5) is 14.0. The van der Waals surface area contributed by atoms with E-state index in [4.69, 9.17) is 4.74 Å². The quantitative estimate of drug-likeness (QED) is 0.496. The van der Waals surface area contributed by atoms with Crippen LogP contribution in [-0.2, 0) is 25.5 Å². The molecular formula is C23H22F3N3O4S. The van der Waals surface area contributed by atoms with Crippen molar-refractivity contribution >= 4 is 21.6 Å². The Morgan fingerprint density at radius 2 is 1.74 bits per heavy atom. The highest BCUT2D eigenvalue weighted by Crippen LogP contribution is 2.39. The number of hydrogen-bond donors (Lipinski definition) is 0. The Morgan fingerprint density at radius 1 is 1.09 bits per heavy atom. The fourth-order valence-electron chi connectivity index (χ4n) is 4.16. The third-order valence-corrected chi connectivity index (χ3v) is 7.65. The molecular weight excluding hydrogens is 471 g/mol. The van der Waals surface area contributed by atoms with Gasteiger partial charge in [-0.25, -0.2) is 17.9 Å². The van der Waals surface area contributed by atoms with Crippen molar-refractivity contribution in [2.45, 2.75) is 41.8 Å². The highest BCUT2D eigenvalue weighted by atomic mass is 32.2. The predicted molar refractivity (Wildman–Crippen MR) is 118 cm³/mol. The second-order valence-electron chi connectivity index (χ2n) is 7.89. The van der Waals surface area contributed by atoms with Crippen LogP contribution < -0.4 is 4.90 Å². The molecule has 180 valence electrons. The Balaban J connectivity index is 1.95. The van der Waals surface area contributed by atoms with E-state index in [2.05, 4.69) is 5.10 Å². The molecule has 0 radical (unpaired) electrons. The van der Waals surface area contributed by atoms with Crippen molar-refractivity contribution in [3.63, 3.8) is 0 Å². The van der Waals surface area contributed by atoms with E-state index in [1.165, 1.54) is 43.0 Å². The van der Waals surface area contributed by atoms with Crippen molar-refractivity contribution in [3.8, 4) is 5.69 Å². The molecule has 1 fully saturated rings. The Bertz CT molecular complexity index is 1300. The van der Waals surface area contributed by atoms with Crippen LogP contribution in [0.4, 0.5) is 19.0 Å². The summed E-state index contributed by atoms with van der Waals surface area (Å²) in [6, 6.07) is 11.3. The number of aromatic nitrogens is 2. The second-order valence-corrected chi connectivity index (χ2v) is 9.77. The van der Waals surface area contributed by atoms with Crippen LogP contribution >= 0.6 is 0 Å². The maximum atomic E-state index is 13.7. The van der Waals surface area contributed by atoms with Crippen molar-refractivity contribution < 1.29 is 31.1 Å². The number of methoxy groups -OCH3 is 1. The zero-order valence-electron chi connectivity index (χ0n) is 18.4. The van der Waals surface area contributed by atoms with Gasteiger partial charge in [-0.2, -0.15) is 18.3 Å². The zero-order chi connectivity index (χ0) is 24.7. The third-order valence-electron chi connectivity index (χ3n) is 5.74. The van der Waals surface area contributed by atoms with E-state index in [1.54, 1.807) is 23.1 Å². The van der Waals surface area contributed by atoms with Gasteiger partial charge in [0.25, 0.3) is 0 Å². The lowest BCUT2D eigenvalue weighted by molar-refractivity contribution is -0.142. The Kier molecular flexibility index (Phi) is 6.15. The van der Waals surface area contributed by atoms with Gasteiger partial charge in [0.1, 0.15) is 10.9 Å². The first-order valence-corrected chi connectivity index (χ1v) is 12.0. The number of hydrogen-bond acceptors (Lipinski definition) is 6. The van der Waals surface area contributed by atoms with Crippen LogP contribution in [0.2, 0.25) is 0 Å². The van der Waals surface area contributed by atoms with Crippen LogP contribution in [0.25, 0.3) is 5.69 Å². The number of nitrogens with zero attached hydrogens (tertiary/aromatic N) is 3. The standard InChI is InChI=1S/C23H22F3N3O4S/c1-15-20(34(31,32)18-7-4-3-5-8-18)21(28-14-6-9-19(28)22(30)33-2)29(27-15)17-12-10-16(11-13-17)23(24,25)26/h3-5,7-8,10-13,19H,6,9,14H2,1-2H3. The first-order valence-electron chi connectivity index (χ1n) is 10.5. The molecule has 0 aliphatic carbocycles. The predicted octanol–water partition coefficient (Wildman–Crippen LogP) is 4.17. The number of carbonyl (C=O) groups excluding carboxylic acids is 1. The smallest absolute Gasteiger partial charge is 0.416 e. The van der Waals surface area contributed by atoms with Crippen LogP contribution in [-0.4, -0.2) is 43.9 Å². The fourth-order valence-corrected chi connectivity index (χ4v) is 5.78. The monoisotopic (exact) mass is 493 g/mol. The molecule has 1 atom stereocenters. The number of benzene rings is 2. The summed E-state index contributed by atoms with van der Waals surface area (Å²) in [5.41, 5.74) is -0.446. The highest BCUT2D eigenvalue weighted by molar-refractivity contribution is 7.91. The molecule has 0 N–H and O–H groups in total. The topological polar surface area (TPSA) is 81.5 Å². The number of sulfone groups is 1. The van der Waals surface area contributed by atoms with E-state index in [1.807, 2.05) is 0 Å². The number of anilines is 1. The Labute approximate surface area is 194 Å². The Morgan fingerprint density at radius 3 is 2.32 bits per heavy atom. The largest absolute Gasteiger partial charge is 0.467 e. The van der Waals surface area contributed by atoms with E-state index < -0.39 is 33.6 Å². The summed E-state index contributed by atoms with van der Waals surface area (Å²) in [6.45, 7) is 1.87. The molecule has 11 heteroatoms. The number of ether oxygens (including phenoxy) is 1. The molecule has 2 aromatic carbocycles. The SMILES string of the molecule is COC(=O)C1CCCN1c1c(S(=O)(=O)c2ccccc2)c(C)nn1-c1ccc(C(F)(F)F)cc1. The molecule has 1 aliphatic rings. The summed E-state index contributed by atoms with van der Waals surface area (Å²) in [5, 5.41) is 4.39. The molecule has 2 heterocycles. The van der Waals surface area contributed by atoms with Gasteiger partial charge in [0, 0.05) is 6.54 Å². The summed E-state index contributed by atoms with van der Waals surface area (Å²) in [5.74, 6) is -0.410. The molecule has 1 unspecified atom stereocenters. The molecule has 3 aromatic rings. The van der Waals surface area contributed by atoms with E-state index in [0.717, 1.165) is 12.1 Å². The van der Waals surface area contributed by atoms with E-state index >= 15 is 0 Å². The van der Waals surface area contributed by atoms with Gasteiger partial charge in [-0.3, -0.25) is 0 Å². The number of carbonyl (C=O) groups is 1. The maximum Gasteiger partial charge on any atom is 0.416 e. The Hall–Kier alpha value is -3.34. The van der Waals surface area contributed by atoms with Crippen molar-refractivity contribution in [2.75, 3.05) is 18.6 Å². The molecule has 0 bridgehead atoms. The van der Waals surface area contributed by atoms with Gasteiger partial charge >= 0.3 is 12.1 Å². The number of rotatable bonds is 5. The summed E-state index contributed by atoms with van der Waals surface area (Å²) >= 11 is 0. The normalized spacial score (nSPS) is 16.6. The minimum Gasteiger partial charge on any atom is -0.467 e. The lowest BCUT2D eigenvalue weighted by Crippen LogP contribution is -2.38. The van der Waals surface area contributed by atoms with Crippen molar-refractivity contribution in [3.05, 3.63) is 65.9 Å². The minimum absolute atomic E-state index is 0.0418. The average Bonchev–Trinajstić information content (AvgIpc) is 3.43. The van der Waals surface area contributed by atoms with E-state index in [0.29, 0.717) is 19.4 Å². The van der Waals surface area contributed by atoms with Gasteiger partial charge < -0.3 is 9.64 Å². The first-order chi connectivity index (χ1) is 16.1. The van der Waals surface area contributed by atoms with Crippen LogP contribution in [0.5, 0.6) is 0 Å². The number of halogens is 3. The zero-order valence-corrected chi connectivity index (χ0v) is 19.2. The van der Waals surface area contributed by atoms with Crippen LogP contribution in [0, 0.1) is 6.92 Å². The third kappa shape index (κ3) is 4.15. The molecule has 0 spiro atoms. The highest BCUT2D eigenvalue weighted by Gasteiger charge is 2.40. The number of alkyl halides is 3. The molecule has 7 nitrogen and oxygen atoms in total. The lowest BCUT2D eigenvalue weighted by atomic mass is 10.2. The van der Waals surface area contributed by atoms with Gasteiger partial charge in [0.05, 0.1) is 29.0 Å². The van der Waals surface area contributed by atoms with Crippen LogP contribution in [0.15, 0.2) is 64.4 Å². The van der Waals surface area contributed by atoms with Gasteiger partial charge in [-0.05, 0) is 56.2 Å². The van der Waals surface area contributed by atoms with Crippen LogP contribution in [0.1, 0.15) is 24.1 Å². The van der Waals surface area contributed by atoms with Crippen LogP contribution in [0.3, 0.4) is 0 Å². The number of esters is 1. The molecule has 1 saturated heterocycles. The summed E-state index contributed by atoms with van der Waals surface area (Å²) in [6.07, 6.45) is -3.48. The van der Waals surface area contributed by atoms with Gasteiger partial charge in [0.15, 0.2) is 5.82 Å². The summed E-state index contributed by atoms with van der Waals surface area (Å²) < 4.78 is 72.8. The van der Waals surface area contributed by atoms with E-state index in [-0.39, 0.29) is 27.0 Å². The van der Waals surface area contributed by atoms with Gasteiger partial charge in [-0.15, -0.1) is 0 Å². The first kappa shape index (κ1) is 23.8. The fraction of sp³-hybridized carbons (Fsp3) is 0.304. The molecule has 1 aliphatic heterocycles. The van der Waals surface area contributed by atoms with Gasteiger partial charge in [-0.1, -0.05) is 18.2 Å². The van der Waals surface area contributed by atoms with Crippen molar-refractivity contribution in [1.29, 1.82) is 0 Å². The maximum absolute atomic E-state index is 13.7. The lowest BCUT2D eigenvalue weighted by Gasteiger charge is -2.26. The minimum atomic E-state index is -4.52. The van der Waals surface area contributed by atoms with Crippen molar-refractivity contribution in [1.82, 2.24) is 9.78 Å². The molecule has 0 saturated carbocycles. The molecule has 1 aromatic heterocycles. The van der Waals surface area contributed by atoms with E-state index in [9.17, 15) is 26.4 Å².